The number of hydrogen-bond donors (Lipinski definition) is 2. The summed E-state index contributed by atoms with van der Waals surface area (Å²) in [5.74, 6) is -1.15. The van der Waals surface area contributed by atoms with E-state index >= 15 is 0 Å². The van der Waals surface area contributed by atoms with E-state index in [1.165, 1.54) is 12.1 Å². The number of ether oxygens (including phenoxy) is 1. The van der Waals surface area contributed by atoms with E-state index in [0.29, 0.717) is 26.2 Å². The van der Waals surface area contributed by atoms with E-state index in [1.807, 2.05) is 0 Å². The Morgan fingerprint density at radius 2 is 1.90 bits per heavy atom. The zero-order valence-corrected chi connectivity index (χ0v) is 11.5. The van der Waals surface area contributed by atoms with E-state index in [-0.39, 0.29) is 30.6 Å². The van der Waals surface area contributed by atoms with Crippen LogP contribution >= 0.6 is 0 Å². The second-order valence-electron chi connectivity index (χ2n) is 5.07. The Kier molecular flexibility index (Phi) is 5.14. The van der Waals surface area contributed by atoms with Gasteiger partial charge in [0.2, 0.25) is 0 Å². The number of nitrogens with zero attached hydrogens (tertiary/aromatic N) is 1. The number of aliphatic hydroxyl groups is 1. The van der Waals surface area contributed by atoms with Gasteiger partial charge in [0.25, 0.3) is 0 Å². The van der Waals surface area contributed by atoms with Crippen LogP contribution in [0.4, 0.5) is 14.5 Å². The second kappa shape index (κ2) is 6.85. The molecule has 0 spiro atoms. The van der Waals surface area contributed by atoms with Gasteiger partial charge in [0, 0.05) is 50.8 Å². The summed E-state index contributed by atoms with van der Waals surface area (Å²) in [7, 11) is 0. The minimum Gasteiger partial charge on any atom is -0.493 e. The average Bonchev–Trinajstić information content (AvgIpc) is 2.45. The number of nitrogens with one attached hydrogen (secondary N) is 1. The molecule has 112 valence electrons. The van der Waals surface area contributed by atoms with Crippen LogP contribution in [0.1, 0.15) is 6.92 Å². The van der Waals surface area contributed by atoms with Crippen molar-refractivity contribution in [2.24, 2.45) is 5.92 Å². The zero-order chi connectivity index (χ0) is 14.5. The summed E-state index contributed by atoms with van der Waals surface area (Å²) in [6, 6.07) is 2.40. The van der Waals surface area contributed by atoms with Crippen molar-refractivity contribution in [3.8, 4) is 5.75 Å². The third kappa shape index (κ3) is 3.58. The van der Waals surface area contributed by atoms with Gasteiger partial charge in [0.1, 0.15) is 11.4 Å². The van der Waals surface area contributed by atoms with Crippen molar-refractivity contribution in [1.82, 2.24) is 5.32 Å². The van der Waals surface area contributed by atoms with Crippen molar-refractivity contribution in [2.45, 2.75) is 6.92 Å². The first-order valence-electron chi connectivity index (χ1n) is 6.80. The molecular formula is C14H20F2N2O2. The molecule has 1 saturated heterocycles. The SMILES string of the molecule is CC(CO)COc1cc(F)c(N2CCNCC2)c(F)c1. The number of benzene rings is 1. The molecule has 20 heavy (non-hydrogen) atoms. The zero-order valence-electron chi connectivity index (χ0n) is 11.5. The van der Waals surface area contributed by atoms with Gasteiger partial charge < -0.3 is 20.1 Å². The Labute approximate surface area is 117 Å². The molecule has 1 fully saturated rings. The molecule has 1 aliphatic rings. The molecule has 6 heteroatoms. The van der Waals surface area contributed by atoms with Gasteiger partial charge in [-0.3, -0.25) is 0 Å². The number of halogens is 2. The third-order valence-corrected chi connectivity index (χ3v) is 3.27. The van der Waals surface area contributed by atoms with E-state index in [0.717, 1.165) is 0 Å². The molecule has 2 N–H and O–H groups in total. The van der Waals surface area contributed by atoms with Crippen molar-refractivity contribution in [1.29, 1.82) is 0 Å². The number of aliphatic hydroxyl groups excluding tert-OH is 1. The van der Waals surface area contributed by atoms with Gasteiger partial charge in [0.15, 0.2) is 11.6 Å². The van der Waals surface area contributed by atoms with E-state index < -0.39 is 11.6 Å². The smallest absolute Gasteiger partial charge is 0.153 e. The lowest BCUT2D eigenvalue weighted by molar-refractivity contribution is 0.174. The molecule has 4 nitrogen and oxygen atoms in total. The molecule has 0 amide bonds. The Bertz CT molecular complexity index is 428. The van der Waals surface area contributed by atoms with E-state index in [4.69, 9.17) is 9.84 Å². The highest BCUT2D eigenvalue weighted by molar-refractivity contribution is 5.52. The first kappa shape index (κ1) is 15.0. The molecule has 0 radical (unpaired) electrons. The van der Waals surface area contributed by atoms with Crippen LogP contribution < -0.4 is 15.0 Å². The average molecular weight is 286 g/mol. The molecule has 2 rings (SSSR count). The minimum atomic E-state index is -0.612. The van der Waals surface area contributed by atoms with E-state index in [9.17, 15) is 8.78 Å². The number of anilines is 1. The van der Waals surface area contributed by atoms with Crippen LogP contribution in [0.5, 0.6) is 5.75 Å². The Hall–Kier alpha value is -1.40. The molecule has 0 bridgehead atoms. The molecule has 0 saturated carbocycles. The molecule has 0 aliphatic carbocycles. The highest BCUT2D eigenvalue weighted by atomic mass is 19.1. The highest BCUT2D eigenvalue weighted by Gasteiger charge is 2.20. The Balaban J connectivity index is 2.11. The standard InChI is InChI=1S/C14H20F2N2O2/c1-10(8-19)9-20-11-6-12(15)14(13(16)7-11)18-4-2-17-3-5-18/h6-7,10,17,19H,2-5,8-9H2,1H3. The third-order valence-electron chi connectivity index (χ3n) is 3.27. The van der Waals surface area contributed by atoms with Crippen molar-refractivity contribution in [3.63, 3.8) is 0 Å². The Morgan fingerprint density at radius 3 is 2.45 bits per heavy atom. The fourth-order valence-electron chi connectivity index (χ4n) is 2.11. The number of piperazine rings is 1. The molecule has 1 aromatic rings. The maximum Gasteiger partial charge on any atom is 0.153 e. The quantitative estimate of drug-likeness (QED) is 0.858. The highest BCUT2D eigenvalue weighted by Crippen LogP contribution is 2.28. The lowest BCUT2D eigenvalue weighted by Crippen LogP contribution is -2.44. The summed E-state index contributed by atoms with van der Waals surface area (Å²) in [5, 5.41) is 12.0. The van der Waals surface area contributed by atoms with Crippen LogP contribution in [0.25, 0.3) is 0 Å². The van der Waals surface area contributed by atoms with Crippen LogP contribution in [0.15, 0.2) is 12.1 Å². The van der Waals surface area contributed by atoms with Gasteiger partial charge >= 0.3 is 0 Å². The summed E-state index contributed by atoms with van der Waals surface area (Å²) in [6.07, 6.45) is 0. The first-order valence-corrected chi connectivity index (χ1v) is 6.80. The molecular weight excluding hydrogens is 266 g/mol. The summed E-state index contributed by atoms with van der Waals surface area (Å²) in [4.78, 5) is 1.70. The van der Waals surface area contributed by atoms with Crippen LogP contribution in [0.3, 0.4) is 0 Å². The molecule has 1 atom stereocenters. The number of rotatable bonds is 5. The second-order valence-corrected chi connectivity index (χ2v) is 5.07. The van der Waals surface area contributed by atoms with Crippen LogP contribution in [-0.4, -0.2) is 44.5 Å². The lowest BCUT2D eigenvalue weighted by Gasteiger charge is -2.30. The van der Waals surface area contributed by atoms with Crippen molar-refractivity contribution in [2.75, 3.05) is 44.3 Å². The largest absolute Gasteiger partial charge is 0.493 e. The summed E-state index contributed by atoms with van der Waals surface area (Å²) < 4.78 is 33.4. The summed E-state index contributed by atoms with van der Waals surface area (Å²) >= 11 is 0. The first-order chi connectivity index (χ1) is 9.61. The summed E-state index contributed by atoms with van der Waals surface area (Å²) in [6.45, 7) is 4.58. The van der Waals surface area contributed by atoms with Crippen molar-refractivity contribution >= 4 is 5.69 Å². The van der Waals surface area contributed by atoms with Gasteiger partial charge in [0.05, 0.1) is 6.61 Å². The van der Waals surface area contributed by atoms with E-state index in [1.54, 1.807) is 11.8 Å². The monoisotopic (exact) mass is 286 g/mol. The fraction of sp³-hybridized carbons (Fsp3) is 0.571. The lowest BCUT2D eigenvalue weighted by atomic mass is 10.2. The van der Waals surface area contributed by atoms with Crippen LogP contribution in [0.2, 0.25) is 0 Å². The Morgan fingerprint density at radius 1 is 1.30 bits per heavy atom. The minimum absolute atomic E-state index is 0.00839. The van der Waals surface area contributed by atoms with Gasteiger partial charge in [-0.1, -0.05) is 6.92 Å². The van der Waals surface area contributed by atoms with E-state index in [2.05, 4.69) is 5.32 Å². The predicted octanol–water partition coefficient (Wildman–Crippen LogP) is 1.38. The van der Waals surface area contributed by atoms with Gasteiger partial charge in [-0.15, -0.1) is 0 Å². The van der Waals surface area contributed by atoms with Crippen LogP contribution in [-0.2, 0) is 0 Å². The fourth-order valence-corrected chi connectivity index (χ4v) is 2.11. The number of hydrogen-bond acceptors (Lipinski definition) is 4. The molecule has 1 unspecified atom stereocenters. The van der Waals surface area contributed by atoms with Crippen LogP contribution in [0, 0.1) is 17.6 Å². The maximum atomic E-state index is 14.1. The van der Waals surface area contributed by atoms with Gasteiger partial charge in [-0.25, -0.2) is 8.78 Å². The predicted molar refractivity (Wildman–Crippen MR) is 73.2 cm³/mol. The van der Waals surface area contributed by atoms with Crippen molar-refractivity contribution in [3.05, 3.63) is 23.8 Å². The topological polar surface area (TPSA) is 44.7 Å². The molecule has 0 aromatic heterocycles. The summed E-state index contributed by atoms with van der Waals surface area (Å²) in [5.41, 5.74) is 0.00839. The molecule has 1 aliphatic heterocycles. The van der Waals surface area contributed by atoms with Gasteiger partial charge in [-0.05, 0) is 0 Å². The maximum absolute atomic E-state index is 14.1. The molecule has 1 aromatic carbocycles. The normalized spacial score (nSPS) is 17.1. The van der Waals surface area contributed by atoms with Crippen molar-refractivity contribution < 1.29 is 18.6 Å². The van der Waals surface area contributed by atoms with Gasteiger partial charge in [-0.2, -0.15) is 0 Å². The molecule has 1 heterocycles.